The highest BCUT2D eigenvalue weighted by Gasteiger charge is 2.46. The maximum Gasteiger partial charge on any atom is 0.295 e. The fourth-order valence-electron chi connectivity index (χ4n) is 3.79. The fraction of sp³-hybridized carbons (Fsp3) is 0.304. The Kier molecular flexibility index (Phi) is 6.02. The summed E-state index contributed by atoms with van der Waals surface area (Å²) in [5.41, 5.74) is 1.21. The van der Waals surface area contributed by atoms with Crippen molar-refractivity contribution >= 4 is 33.4 Å². The summed E-state index contributed by atoms with van der Waals surface area (Å²) in [5.74, 6) is -0.469. The minimum atomic E-state index is -0.698. The van der Waals surface area contributed by atoms with E-state index in [-0.39, 0.29) is 11.3 Å². The van der Waals surface area contributed by atoms with Crippen molar-refractivity contribution in [2.75, 3.05) is 40.4 Å². The van der Waals surface area contributed by atoms with Crippen LogP contribution in [0.3, 0.4) is 0 Å². The number of benzene rings is 2. The first-order chi connectivity index (χ1) is 14.9. The fourth-order valence-corrected chi connectivity index (χ4v) is 4.20. The smallest absolute Gasteiger partial charge is 0.295 e. The van der Waals surface area contributed by atoms with Gasteiger partial charge in [0.05, 0.1) is 11.6 Å². The predicted octanol–water partition coefficient (Wildman–Crippen LogP) is 3.20. The molecule has 0 radical (unpaired) electrons. The average Bonchev–Trinajstić information content (AvgIpc) is 3.01. The number of aliphatic hydroxyl groups is 1. The Morgan fingerprint density at radius 1 is 1.13 bits per heavy atom. The van der Waals surface area contributed by atoms with Gasteiger partial charge in [0, 0.05) is 23.1 Å². The SMILES string of the molecule is CN(C)CCN1C(=O)C(=O)C(=C(O)c2ccc3c(c2)OCCO3)C1c1cccc(Br)c1. The summed E-state index contributed by atoms with van der Waals surface area (Å²) in [6.07, 6.45) is 0. The molecular formula is C23H23BrN2O5. The van der Waals surface area contributed by atoms with E-state index in [1.165, 1.54) is 4.90 Å². The van der Waals surface area contributed by atoms with Gasteiger partial charge in [-0.3, -0.25) is 9.59 Å². The van der Waals surface area contributed by atoms with Crippen LogP contribution < -0.4 is 9.47 Å². The lowest BCUT2D eigenvalue weighted by Crippen LogP contribution is -2.35. The van der Waals surface area contributed by atoms with E-state index in [4.69, 9.17) is 9.47 Å². The lowest BCUT2D eigenvalue weighted by Gasteiger charge is -2.26. The molecule has 0 spiro atoms. The summed E-state index contributed by atoms with van der Waals surface area (Å²) in [4.78, 5) is 29.4. The van der Waals surface area contributed by atoms with Crippen LogP contribution in [0.25, 0.3) is 5.76 Å². The molecule has 4 rings (SSSR count). The summed E-state index contributed by atoms with van der Waals surface area (Å²) in [5, 5.41) is 11.2. The van der Waals surface area contributed by atoms with Crippen LogP contribution in [0.4, 0.5) is 0 Å². The number of Topliss-reactive ketones (excluding diaryl/α,β-unsaturated/α-hetero) is 1. The number of likely N-dealkylation sites (N-methyl/N-ethyl adjacent to an activating group) is 1. The van der Waals surface area contributed by atoms with Crippen LogP contribution in [0, 0.1) is 0 Å². The van der Waals surface area contributed by atoms with E-state index in [9.17, 15) is 14.7 Å². The Labute approximate surface area is 189 Å². The van der Waals surface area contributed by atoms with E-state index in [0.717, 1.165) is 10.0 Å². The minimum absolute atomic E-state index is 0.0681. The molecule has 31 heavy (non-hydrogen) atoms. The monoisotopic (exact) mass is 486 g/mol. The van der Waals surface area contributed by atoms with E-state index < -0.39 is 17.7 Å². The Bertz CT molecular complexity index is 1070. The van der Waals surface area contributed by atoms with E-state index in [1.54, 1.807) is 18.2 Å². The number of rotatable bonds is 5. The second kappa shape index (κ2) is 8.72. The van der Waals surface area contributed by atoms with Gasteiger partial charge in [0.15, 0.2) is 11.5 Å². The van der Waals surface area contributed by atoms with E-state index >= 15 is 0 Å². The largest absolute Gasteiger partial charge is 0.507 e. The Morgan fingerprint density at radius 2 is 1.87 bits per heavy atom. The predicted molar refractivity (Wildman–Crippen MR) is 119 cm³/mol. The summed E-state index contributed by atoms with van der Waals surface area (Å²) in [6.45, 7) is 1.80. The molecule has 0 aliphatic carbocycles. The standard InChI is InChI=1S/C23H23BrN2O5/c1-25(2)8-9-26-20(14-4-3-5-16(24)12-14)19(22(28)23(26)29)21(27)15-6-7-17-18(13-15)31-11-10-30-17/h3-7,12-13,20,27H,8-11H2,1-2H3. The first kappa shape index (κ1) is 21.4. The summed E-state index contributed by atoms with van der Waals surface area (Å²) < 4.78 is 12.0. The highest BCUT2D eigenvalue weighted by molar-refractivity contribution is 9.10. The van der Waals surface area contributed by atoms with Gasteiger partial charge in [-0.25, -0.2) is 0 Å². The number of carbonyl (C=O) groups excluding carboxylic acids is 2. The third-order valence-corrected chi connectivity index (χ3v) is 5.80. The molecule has 1 atom stereocenters. The zero-order chi connectivity index (χ0) is 22.1. The van der Waals surface area contributed by atoms with Gasteiger partial charge in [0.2, 0.25) is 0 Å². The molecule has 0 bridgehead atoms. The Hall–Kier alpha value is -2.84. The lowest BCUT2D eigenvalue weighted by atomic mass is 9.95. The summed E-state index contributed by atoms with van der Waals surface area (Å²) in [6, 6.07) is 11.7. The molecule has 2 aromatic rings. The number of likely N-dealkylation sites (tertiary alicyclic amines) is 1. The number of carbonyl (C=O) groups is 2. The van der Waals surface area contributed by atoms with Crippen molar-refractivity contribution in [3.05, 3.63) is 63.6 Å². The number of hydrogen-bond acceptors (Lipinski definition) is 6. The summed E-state index contributed by atoms with van der Waals surface area (Å²) in [7, 11) is 3.81. The first-order valence-electron chi connectivity index (χ1n) is 9.95. The second-order valence-electron chi connectivity index (χ2n) is 7.71. The molecule has 162 valence electrons. The number of ketones is 1. The van der Waals surface area contributed by atoms with Crippen molar-refractivity contribution in [1.82, 2.24) is 9.80 Å². The number of fused-ring (bicyclic) bond motifs is 1. The maximum atomic E-state index is 13.0. The van der Waals surface area contributed by atoms with E-state index in [1.807, 2.05) is 43.3 Å². The van der Waals surface area contributed by atoms with Gasteiger partial charge in [-0.05, 0) is 50.0 Å². The number of nitrogens with zero attached hydrogens (tertiary/aromatic N) is 2. The number of ether oxygens (including phenoxy) is 2. The Morgan fingerprint density at radius 3 is 2.58 bits per heavy atom. The van der Waals surface area contributed by atoms with E-state index in [2.05, 4.69) is 15.9 Å². The molecule has 8 heteroatoms. The van der Waals surface area contributed by atoms with Crippen LogP contribution in [0.1, 0.15) is 17.2 Å². The third kappa shape index (κ3) is 4.18. The zero-order valence-electron chi connectivity index (χ0n) is 17.3. The molecule has 2 aliphatic heterocycles. The molecule has 1 N–H and O–H groups in total. The van der Waals surface area contributed by atoms with Crippen LogP contribution in [0.15, 0.2) is 52.5 Å². The number of halogens is 1. The van der Waals surface area contributed by atoms with Gasteiger partial charge in [-0.1, -0.05) is 28.1 Å². The van der Waals surface area contributed by atoms with Gasteiger partial charge in [-0.2, -0.15) is 0 Å². The van der Waals surface area contributed by atoms with E-state index in [0.29, 0.717) is 43.4 Å². The van der Waals surface area contributed by atoms with Crippen LogP contribution in [0.5, 0.6) is 11.5 Å². The normalized spacial score (nSPS) is 19.9. The molecule has 1 unspecified atom stereocenters. The molecule has 1 amide bonds. The van der Waals surface area contributed by atoms with Crippen LogP contribution in [-0.4, -0.2) is 67.0 Å². The molecular weight excluding hydrogens is 464 g/mol. The van der Waals surface area contributed by atoms with Crippen molar-refractivity contribution in [1.29, 1.82) is 0 Å². The molecule has 0 saturated carbocycles. The highest BCUT2D eigenvalue weighted by atomic mass is 79.9. The van der Waals surface area contributed by atoms with Crippen LogP contribution in [-0.2, 0) is 9.59 Å². The zero-order valence-corrected chi connectivity index (χ0v) is 18.9. The maximum absolute atomic E-state index is 13.0. The molecule has 2 aliphatic rings. The van der Waals surface area contributed by atoms with Gasteiger partial charge >= 0.3 is 0 Å². The van der Waals surface area contributed by atoms with Crippen LogP contribution >= 0.6 is 15.9 Å². The quantitative estimate of drug-likeness (QED) is 0.397. The van der Waals surface area contributed by atoms with Gasteiger partial charge in [0.25, 0.3) is 11.7 Å². The second-order valence-corrected chi connectivity index (χ2v) is 8.62. The highest BCUT2D eigenvalue weighted by Crippen LogP contribution is 2.41. The first-order valence-corrected chi connectivity index (χ1v) is 10.7. The molecule has 1 saturated heterocycles. The van der Waals surface area contributed by atoms with Crippen molar-refractivity contribution in [3.63, 3.8) is 0 Å². The van der Waals surface area contributed by atoms with Crippen molar-refractivity contribution in [2.45, 2.75) is 6.04 Å². The number of aliphatic hydroxyl groups excluding tert-OH is 1. The van der Waals surface area contributed by atoms with Gasteiger partial charge in [-0.15, -0.1) is 0 Å². The van der Waals surface area contributed by atoms with Crippen molar-refractivity contribution in [2.24, 2.45) is 0 Å². The van der Waals surface area contributed by atoms with Crippen molar-refractivity contribution in [3.8, 4) is 11.5 Å². The topological polar surface area (TPSA) is 79.3 Å². The molecule has 2 heterocycles. The molecule has 2 aromatic carbocycles. The molecule has 1 fully saturated rings. The van der Waals surface area contributed by atoms with Crippen molar-refractivity contribution < 1.29 is 24.2 Å². The Balaban J connectivity index is 1.83. The third-order valence-electron chi connectivity index (χ3n) is 5.31. The minimum Gasteiger partial charge on any atom is -0.507 e. The molecule has 0 aromatic heterocycles. The summed E-state index contributed by atoms with van der Waals surface area (Å²) >= 11 is 3.46. The van der Waals surface area contributed by atoms with Gasteiger partial charge in [0.1, 0.15) is 19.0 Å². The van der Waals surface area contributed by atoms with Gasteiger partial charge < -0.3 is 24.4 Å². The van der Waals surface area contributed by atoms with Crippen LogP contribution in [0.2, 0.25) is 0 Å². The molecule has 7 nitrogen and oxygen atoms in total. The average molecular weight is 487 g/mol. The number of hydrogen-bond donors (Lipinski definition) is 1. The lowest BCUT2D eigenvalue weighted by molar-refractivity contribution is -0.140. The number of amides is 1.